The van der Waals surface area contributed by atoms with Crippen LogP contribution in [-0.2, 0) is 14.8 Å². The van der Waals surface area contributed by atoms with Crippen LogP contribution in [0.4, 0.5) is 11.5 Å². The van der Waals surface area contributed by atoms with Crippen LogP contribution in [-0.4, -0.2) is 44.0 Å². The molecule has 0 spiro atoms. The van der Waals surface area contributed by atoms with Crippen LogP contribution in [0.3, 0.4) is 0 Å². The van der Waals surface area contributed by atoms with E-state index in [1.165, 1.54) is 10.5 Å². The van der Waals surface area contributed by atoms with E-state index in [9.17, 15) is 8.42 Å². The monoisotopic (exact) mass is 333 g/mol. The number of aromatic nitrogens is 1. The SMILES string of the molecule is Cc1cccc(Nc2ccc(S(=O)(=O)N3CCOCC3)cn2)c1. The molecule has 122 valence electrons. The maximum absolute atomic E-state index is 12.5. The van der Waals surface area contributed by atoms with E-state index in [4.69, 9.17) is 4.74 Å². The number of ether oxygens (including phenoxy) is 1. The molecule has 2 aromatic rings. The summed E-state index contributed by atoms with van der Waals surface area (Å²) < 4.78 is 31.6. The second-order valence-electron chi connectivity index (χ2n) is 5.39. The molecule has 6 nitrogen and oxygen atoms in total. The molecule has 0 unspecified atom stereocenters. The topological polar surface area (TPSA) is 71.5 Å². The summed E-state index contributed by atoms with van der Waals surface area (Å²) in [5.74, 6) is 0.608. The Morgan fingerprint density at radius 3 is 2.61 bits per heavy atom. The number of pyridine rings is 1. The summed E-state index contributed by atoms with van der Waals surface area (Å²) in [6, 6.07) is 11.2. The third-order valence-electron chi connectivity index (χ3n) is 3.63. The van der Waals surface area contributed by atoms with Crippen molar-refractivity contribution in [3.05, 3.63) is 48.2 Å². The first-order valence-electron chi connectivity index (χ1n) is 7.43. The molecule has 1 N–H and O–H groups in total. The highest BCUT2D eigenvalue weighted by Crippen LogP contribution is 2.20. The molecule has 1 aliphatic heterocycles. The Kier molecular flexibility index (Phi) is 4.61. The number of hydrogen-bond acceptors (Lipinski definition) is 5. The number of nitrogens with one attached hydrogen (secondary N) is 1. The van der Waals surface area contributed by atoms with Crippen LogP contribution in [0.2, 0.25) is 0 Å². The van der Waals surface area contributed by atoms with Crippen LogP contribution in [0.1, 0.15) is 5.56 Å². The smallest absolute Gasteiger partial charge is 0.244 e. The summed E-state index contributed by atoms with van der Waals surface area (Å²) in [5.41, 5.74) is 2.06. The van der Waals surface area contributed by atoms with Gasteiger partial charge in [-0.25, -0.2) is 13.4 Å². The number of rotatable bonds is 4. The lowest BCUT2D eigenvalue weighted by molar-refractivity contribution is 0.0730. The van der Waals surface area contributed by atoms with Crippen molar-refractivity contribution >= 4 is 21.5 Å². The van der Waals surface area contributed by atoms with Gasteiger partial charge in [-0.2, -0.15) is 4.31 Å². The highest BCUT2D eigenvalue weighted by atomic mass is 32.2. The van der Waals surface area contributed by atoms with E-state index in [2.05, 4.69) is 10.3 Å². The Labute approximate surface area is 136 Å². The molecule has 0 radical (unpaired) electrons. The van der Waals surface area contributed by atoms with Crippen molar-refractivity contribution < 1.29 is 13.2 Å². The van der Waals surface area contributed by atoms with Gasteiger partial charge in [0, 0.05) is 25.0 Å². The van der Waals surface area contributed by atoms with Crippen LogP contribution in [0.5, 0.6) is 0 Å². The highest BCUT2D eigenvalue weighted by molar-refractivity contribution is 7.89. The predicted molar refractivity (Wildman–Crippen MR) is 88.3 cm³/mol. The normalized spacial score (nSPS) is 16.2. The van der Waals surface area contributed by atoms with Crippen LogP contribution in [0, 0.1) is 6.92 Å². The fourth-order valence-corrected chi connectivity index (χ4v) is 3.77. The molecular weight excluding hydrogens is 314 g/mol. The van der Waals surface area contributed by atoms with Crippen molar-refractivity contribution in [2.45, 2.75) is 11.8 Å². The number of benzene rings is 1. The zero-order valence-corrected chi connectivity index (χ0v) is 13.7. The average Bonchev–Trinajstić information content (AvgIpc) is 2.56. The van der Waals surface area contributed by atoms with Gasteiger partial charge in [-0.1, -0.05) is 12.1 Å². The zero-order valence-electron chi connectivity index (χ0n) is 12.9. The third-order valence-corrected chi connectivity index (χ3v) is 5.52. The first-order chi connectivity index (χ1) is 11.1. The van der Waals surface area contributed by atoms with Gasteiger partial charge in [-0.05, 0) is 36.8 Å². The molecule has 7 heteroatoms. The molecule has 0 aliphatic carbocycles. The lowest BCUT2D eigenvalue weighted by atomic mass is 10.2. The van der Waals surface area contributed by atoms with Crippen molar-refractivity contribution in [1.29, 1.82) is 0 Å². The minimum atomic E-state index is -3.50. The third kappa shape index (κ3) is 3.69. The van der Waals surface area contributed by atoms with E-state index in [1.807, 2.05) is 31.2 Å². The van der Waals surface area contributed by atoms with Gasteiger partial charge in [0.25, 0.3) is 0 Å². The second-order valence-corrected chi connectivity index (χ2v) is 7.33. The number of hydrogen-bond donors (Lipinski definition) is 1. The summed E-state index contributed by atoms with van der Waals surface area (Å²) >= 11 is 0. The molecule has 1 fully saturated rings. The number of anilines is 2. The Morgan fingerprint density at radius 1 is 1.17 bits per heavy atom. The van der Waals surface area contributed by atoms with Crippen LogP contribution >= 0.6 is 0 Å². The number of morpholine rings is 1. The molecule has 0 saturated carbocycles. The number of sulfonamides is 1. The highest BCUT2D eigenvalue weighted by Gasteiger charge is 2.26. The van der Waals surface area contributed by atoms with Crippen LogP contribution in [0.15, 0.2) is 47.5 Å². The van der Waals surface area contributed by atoms with Gasteiger partial charge in [0.2, 0.25) is 10.0 Å². The van der Waals surface area contributed by atoms with Crippen LogP contribution in [0.25, 0.3) is 0 Å². The fourth-order valence-electron chi connectivity index (χ4n) is 2.41. The molecule has 1 aliphatic rings. The molecule has 0 bridgehead atoms. The van der Waals surface area contributed by atoms with Gasteiger partial charge in [0.1, 0.15) is 10.7 Å². The van der Waals surface area contributed by atoms with Crippen molar-refractivity contribution in [2.24, 2.45) is 0 Å². The van der Waals surface area contributed by atoms with Crippen LogP contribution < -0.4 is 5.32 Å². The van der Waals surface area contributed by atoms with E-state index in [0.29, 0.717) is 32.1 Å². The summed E-state index contributed by atoms with van der Waals surface area (Å²) in [6.45, 7) is 3.63. The van der Waals surface area contributed by atoms with Crippen molar-refractivity contribution in [1.82, 2.24) is 9.29 Å². The van der Waals surface area contributed by atoms with E-state index in [1.54, 1.807) is 12.1 Å². The molecule has 2 heterocycles. The van der Waals surface area contributed by atoms with Crippen molar-refractivity contribution in [2.75, 3.05) is 31.6 Å². The largest absolute Gasteiger partial charge is 0.379 e. The zero-order chi connectivity index (χ0) is 16.3. The van der Waals surface area contributed by atoms with Gasteiger partial charge in [0.15, 0.2) is 0 Å². The molecule has 1 saturated heterocycles. The number of nitrogens with zero attached hydrogens (tertiary/aromatic N) is 2. The van der Waals surface area contributed by atoms with Gasteiger partial charge in [-0.15, -0.1) is 0 Å². The molecule has 1 aromatic heterocycles. The first kappa shape index (κ1) is 15.9. The van der Waals surface area contributed by atoms with Crippen molar-refractivity contribution in [3.63, 3.8) is 0 Å². The maximum atomic E-state index is 12.5. The lowest BCUT2D eigenvalue weighted by Gasteiger charge is -2.25. The fraction of sp³-hybridized carbons (Fsp3) is 0.312. The van der Waals surface area contributed by atoms with Gasteiger partial charge in [-0.3, -0.25) is 0 Å². The first-order valence-corrected chi connectivity index (χ1v) is 8.87. The second kappa shape index (κ2) is 6.66. The summed E-state index contributed by atoms with van der Waals surface area (Å²) in [7, 11) is -3.50. The molecular formula is C16H19N3O3S. The number of aryl methyl sites for hydroxylation is 1. The predicted octanol–water partition coefficient (Wildman–Crippen LogP) is 2.15. The Morgan fingerprint density at radius 2 is 1.96 bits per heavy atom. The quantitative estimate of drug-likeness (QED) is 0.928. The van der Waals surface area contributed by atoms with Crippen molar-refractivity contribution in [3.8, 4) is 0 Å². The Balaban J connectivity index is 1.76. The summed E-state index contributed by atoms with van der Waals surface area (Å²) in [5, 5.41) is 3.16. The van der Waals surface area contributed by atoms with E-state index in [0.717, 1.165) is 11.3 Å². The summed E-state index contributed by atoms with van der Waals surface area (Å²) in [4.78, 5) is 4.42. The van der Waals surface area contributed by atoms with Gasteiger partial charge in [0.05, 0.1) is 13.2 Å². The van der Waals surface area contributed by atoms with E-state index in [-0.39, 0.29) is 4.90 Å². The van der Waals surface area contributed by atoms with E-state index >= 15 is 0 Å². The van der Waals surface area contributed by atoms with Gasteiger partial charge >= 0.3 is 0 Å². The average molecular weight is 333 g/mol. The molecule has 1 aromatic carbocycles. The van der Waals surface area contributed by atoms with E-state index < -0.39 is 10.0 Å². The molecule has 23 heavy (non-hydrogen) atoms. The maximum Gasteiger partial charge on any atom is 0.244 e. The minimum Gasteiger partial charge on any atom is -0.379 e. The Hall–Kier alpha value is -1.96. The molecule has 0 atom stereocenters. The van der Waals surface area contributed by atoms with Gasteiger partial charge < -0.3 is 10.1 Å². The summed E-state index contributed by atoms with van der Waals surface area (Å²) in [6.07, 6.45) is 1.39. The Bertz CT molecular complexity index is 769. The minimum absolute atomic E-state index is 0.203. The standard InChI is InChI=1S/C16H19N3O3S/c1-13-3-2-4-14(11-13)18-16-6-5-15(12-17-16)23(20,21)19-7-9-22-10-8-19/h2-6,11-12H,7-10H2,1H3,(H,17,18). The molecule has 3 rings (SSSR count). The molecule has 0 amide bonds. The lowest BCUT2D eigenvalue weighted by Crippen LogP contribution is -2.40.